The fourth-order valence-corrected chi connectivity index (χ4v) is 5.36. The van der Waals surface area contributed by atoms with Crippen LogP contribution in [0.5, 0.6) is 5.75 Å². The highest BCUT2D eigenvalue weighted by Gasteiger charge is 2.32. The van der Waals surface area contributed by atoms with Crippen molar-refractivity contribution in [2.75, 3.05) is 18.0 Å². The number of nitrogens with one attached hydrogen (secondary N) is 1. The van der Waals surface area contributed by atoms with E-state index in [1.807, 2.05) is 20.8 Å². The van der Waals surface area contributed by atoms with Gasteiger partial charge in [-0.1, -0.05) is 36.8 Å². The van der Waals surface area contributed by atoms with Crippen LogP contribution in [0.3, 0.4) is 0 Å². The first-order valence-corrected chi connectivity index (χ1v) is 14.5. The van der Waals surface area contributed by atoms with E-state index in [4.69, 9.17) is 4.74 Å². The summed E-state index contributed by atoms with van der Waals surface area (Å²) in [7, 11) is -2.71. The molecular formula is C30H36FN3O5S. The van der Waals surface area contributed by atoms with E-state index in [-0.39, 0.29) is 23.4 Å². The predicted molar refractivity (Wildman–Crippen MR) is 153 cm³/mol. The highest BCUT2D eigenvalue weighted by atomic mass is 32.2. The highest BCUT2D eigenvalue weighted by molar-refractivity contribution is 7.92. The zero-order valence-corrected chi connectivity index (χ0v) is 24.2. The number of sulfonamides is 1. The van der Waals surface area contributed by atoms with Gasteiger partial charge in [-0.25, -0.2) is 12.8 Å². The van der Waals surface area contributed by atoms with Crippen LogP contribution < -0.4 is 14.4 Å². The van der Waals surface area contributed by atoms with Crippen molar-refractivity contribution in [1.29, 1.82) is 0 Å². The molecule has 0 aliphatic heterocycles. The molecule has 3 rings (SSSR count). The van der Waals surface area contributed by atoms with E-state index in [9.17, 15) is 22.4 Å². The number of methoxy groups -OCH3 is 1. The highest BCUT2D eigenvalue weighted by Crippen LogP contribution is 2.26. The first-order chi connectivity index (χ1) is 19.0. The Hall–Kier alpha value is -3.92. The van der Waals surface area contributed by atoms with Gasteiger partial charge in [-0.2, -0.15) is 0 Å². The van der Waals surface area contributed by atoms with E-state index in [1.165, 1.54) is 60.5 Å². The molecule has 2 atom stereocenters. The summed E-state index contributed by atoms with van der Waals surface area (Å²) in [5, 5.41) is 2.88. The number of rotatable bonds is 12. The van der Waals surface area contributed by atoms with Gasteiger partial charge in [-0.05, 0) is 81.3 Å². The minimum atomic E-state index is -4.19. The maximum Gasteiger partial charge on any atom is 0.264 e. The lowest BCUT2D eigenvalue weighted by Gasteiger charge is -2.32. The number of nitrogens with zero attached hydrogens (tertiary/aromatic N) is 2. The summed E-state index contributed by atoms with van der Waals surface area (Å²) in [5.41, 5.74) is 1.82. The second-order valence-corrected chi connectivity index (χ2v) is 11.5. The summed E-state index contributed by atoms with van der Waals surface area (Å²) in [6.45, 7) is 6.68. The van der Waals surface area contributed by atoms with Crippen LogP contribution in [0.1, 0.15) is 38.3 Å². The average Bonchev–Trinajstić information content (AvgIpc) is 2.95. The summed E-state index contributed by atoms with van der Waals surface area (Å²) < 4.78 is 47.4. The van der Waals surface area contributed by atoms with Crippen molar-refractivity contribution in [3.63, 3.8) is 0 Å². The molecule has 214 valence electrons. The van der Waals surface area contributed by atoms with E-state index in [0.29, 0.717) is 23.4 Å². The summed E-state index contributed by atoms with van der Waals surface area (Å²) in [6, 6.07) is 17.2. The Balaban J connectivity index is 2.01. The monoisotopic (exact) mass is 569 g/mol. The van der Waals surface area contributed by atoms with E-state index < -0.39 is 34.3 Å². The largest absolute Gasteiger partial charge is 0.497 e. The predicted octanol–water partition coefficient (Wildman–Crippen LogP) is 4.67. The van der Waals surface area contributed by atoms with Crippen LogP contribution in [0.4, 0.5) is 10.1 Å². The van der Waals surface area contributed by atoms with Crippen molar-refractivity contribution >= 4 is 27.5 Å². The van der Waals surface area contributed by atoms with Crippen LogP contribution in [0.2, 0.25) is 0 Å². The molecule has 0 radical (unpaired) electrons. The van der Waals surface area contributed by atoms with E-state index in [2.05, 4.69) is 5.32 Å². The minimum Gasteiger partial charge on any atom is -0.497 e. The van der Waals surface area contributed by atoms with Gasteiger partial charge >= 0.3 is 0 Å². The number of carbonyl (C=O) groups excluding carboxylic acids is 2. The molecule has 0 saturated heterocycles. The fourth-order valence-electron chi connectivity index (χ4n) is 3.95. The number of ether oxygens (including phenoxy) is 1. The molecule has 1 N–H and O–H groups in total. The van der Waals surface area contributed by atoms with E-state index in [1.54, 1.807) is 31.2 Å². The molecule has 0 heterocycles. The van der Waals surface area contributed by atoms with Gasteiger partial charge < -0.3 is 15.0 Å². The second kappa shape index (κ2) is 13.4. The molecule has 40 heavy (non-hydrogen) atoms. The molecule has 0 fully saturated rings. The summed E-state index contributed by atoms with van der Waals surface area (Å²) in [6.07, 6.45) is 0.700. The molecule has 2 amide bonds. The van der Waals surface area contributed by atoms with Crippen molar-refractivity contribution in [3.05, 3.63) is 89.7 Å². The number of hydrogen-bond donors (Lipinski definition) is 1. The van der Waals surface area contributed by atoms with Crippen molar-refractivity contribution in [2.24, 2.45) is 0 Å². The lowest BCUT2D eigenvalue weighted by Crippen LogP contribution is -2.52. The van der Waals surface area contributed by atoms with Crippen molar-refractivity contribution in [3.8, 4) is 5.75 Å². The summed E-state index contributed by atoms with van der Waals surface area (Å²) in [5.74, 6) is -0.901. The number of carbonyl (C=O) groups is 2. The molecule has 3 aromatic carbocycles. The van der Waals surface area contributed by atoms with Crippen LogP contribution in [0.25, 0.3) is 0 Å². The topological polar surface area (TPSA) is 96.0 Å². The van der Waals surface area contributed by atoms with Crippen LogP contribution in [-0.2, 0) is 26.2 Å². The van der Waals surface area contributed by atoms with Gasteiger partial charge in [0.15, 0.2) is 0 Å². The van der Waals surface area contributed by atoms with Crippen molar-refractivity contribution < 1.29 is 27.1 Å². The molecular weight excluding hydrogens is 533 g/mol. The lowest BCUT2D eigenvalue weighted by atomic mass is 10.1. The van der Waals surface area contributed by atoms with Gasteiger partial charge in [0, 0.05) is 12.6 Å². The van der Waals surface area contributed by atoms with Gasteiger partial charge in [-0.15, -0.1) is 0 Å². The maximum absolute atomic E-state index is 13.9. The van der Waals surface area contributed by atoms with Crippen molar-refractivity contribution in [2.45, 2.75) is 57.6 Å². The van der Waals surface area contributed by atoms with Crippen LogP contribution in [-0.4, -0.2) is 50.9 Å². The SMILES string of the molecule is CC[C@H](C)NC(=O)[C@H](C)N(Cc1ccc(F)cc1)C(=O)CN(c1ccc(C)cc1)S(=O)(=O)c1ccc(OC)cc1. The Morgan fingerprint density at radius 3 is 2.10 bits per heavy atom. The van der Waals surface area contributed by atoms with Gasteiger partial charge in [-0.3, -0.25) is 13.9 Å². The number of hydrogen-bond acceptors (Lipinski definition) is 5. The van der Waals surface area contributed by atoms with Gasteiger partial charge in [0.25, 0.3) is 10.0 Å². The molecule has 3 aromatic rings. The van der Waals surface area contributed by atoms with Gasteiger partial charge in [0.2, 0.25) is 11.8 Å². The Morgan fingerprint density at radius 1 is 0.950 bits per heavy atom. The Bertz CT molecular complexity index is 1390. The average molecular weight is 570 g/mol. The summed E-state index contributed by atoms with van der Waals surface area (Å²) >= 11 is 0. The Kier molecular flexibility index (Phi) is 10.3. The number of benzene rings is 3. The second-order valence-electron chi connectivity index (χ2n) is 9.66. The minimum absolute atomic E-state index is 0.0153. The molecule has 0 aliphatic carbocycles. The molecule has 0 spiro atoms. The third-order valence-corrected chi connectivity index (χ3v) is 8.47. The number of amides is 2. The first-order valence-electron chi connectivity index (χ1n) is 13.0. The molecule has 0 aromatic heterocycles. The maximum atomic E-state index is 13.9. The third-order valence-electron chi connectivity index (χ3n) is 6.68. The molecule has 10 heteroatoms. The van der Waals surface area contributed by atoms with E-state index >= 15 is 0 Å². The normalized spacial score (nSPS) is 12.8. The van der Waals surface area contributed by atoms with Crippen LogP contribution in [0.15, 0.2) is 77.7 Å². The smallest absolute Gasteiger partial charge is 0.264 e. The van der Waals surface area contributed by atoms with Crippen LogP contribution in [0, 0.1) is 12.7 Å². The zero-order valence-electron chi connectivity index (χ0n) is 23.4. The van der Waals surface area contributed by atoms with Gasteiger partial charge in [0.1, 0.15) is 24.2 Å². The standard InChI is InChI=1S/C30H36FN3O5S/c1-6-22(3)32-30(36)23(4)33(19-24-9-11-25(31)12-10-24)29(35)20-34(26-13-7-21(2)8-14-26)40(37,38)28-17-15-27(39-5)16-18-28/h7-18,22-23H,6,19-20H2,1-5H3,(H,32,36)/t22-,23-/m0/s1. The molecule has 0 saturated carbocycles. The van der Waals surface area contributed by atoms with Crippen molar-refractivity contribution in [1.82, 2.24) is 10.2 Å². The fraction of sp³-hybridized carbons (Fsp3) is 0.333. The molecule has 8 nitrogen and oxygen atoms in total. The zero-order chi connectivity index (χ0) is 29.4. The third kappa shape index (κ3) is 7.59. The number of aryl methyl sites for hydroxylation is 1. The van der Waals surface area contributed by atoms with Gasteiger partial charge in [0.05, 0.1) is 17.7 Å². The van der Waals surface area contributed by atoms with E-state index in [0.717, 1.165) is 9.87 Å². The van der Waals surface area contributed by atoms with Crippen LogP contribution >= 0.6 is 0 Å². The quantitative estimate of drug-likeness (QED) is 0.342. The lowest BCUT2D eigenvalue weighted by molar-refractivity contribution is -0.139. The summed E-state index contributed by atoms with van der Waals surface area (Å²) in [4.78, 5) is 28.3. The number of anilines is 1. The Morgan fingerprint density at radius 2 is 1.55 bits per heavy atom. The number of halogens is 1. The Labute approximate surface area is 235 Å². The molecule has 0 aliphatic rings. The first kappa shape index (κ1) is 30.6. The molecule has 0 unspecified atom stereocenters. The molecule has 0 bridgehead atoms.